The van der Waals surface area contributed by atoms with E-state index >= 15 is 0 Å². The second kappa shape index (κ2) is 5.15. The Morgan fingerprint density at radius 1 is 1.67 bits per heavy atom. The molecular formula is C10H11BrN4O2S. The molecule has 0 bridgehead atoms. The van der Waals surface area contributed by atoms with Gasteiger partial charge in [-0.3, -0.25) is 4.79 Å². The molecule has 2 rings (SSSR count). The van der Waals surface area contributed by atoms with Crippen LogP contribution >= 0.6 is 27.3 Å². The lowest BCUT2D eigenvalue weighted by Gasteiger charge is -2.09. The molecule has 0 radical (unpaired) electrons. The molecule has 0 amide bonds. The number of carboxylic acids is 1. The van der Waals surface area contributed by atoms with Gasteiger partial charge in [0, 0.05) is 0 Å². The molecule has 1 atom stereocenters. The highest BCUT2D eigenvalue weighted by Crippen LogP contribution is 2.34. The molecule has 96 valence electrons. The van der Waals surface area contributed by atoms with Crippen LogP contribution in [0.5, 0.6) is 0 Å². The number of aromatic nitrogens is 4. The Kier molecular flexibility index (Phi) is 3.76. The fourth-order valence-corrected chi connectivity index (χ4v) is 3.07. The molecule has 0 spiro atoms. The van der Waals surface area contributed by atoms with Crippen LogP contribution in [0.15, 0.2) is 9.85 Å². The topological polar surface area (TPSA) is 80.9 Å². The van der Waals surface area contributed by atoms with Crippen molar-refractivity contribution in [2.75, 3.05) is 0 Å². The Balaban J connectivity index is 2.35. The lowest BCUT2D eigenvalue weighted by Crippen LogP contribution is -2.13. The van der Waals surface area contributed by atoms with Gasteiger partial charge in [-0.2, -0.15) is 0 Å². The number of thiophene rings is 1. The van der Waals surface area contributed by atoms with Crippen molar-refractivity contribution < 1.29 is 9.90 Å². The standard InChI is InChI=1S/C10H11BrN4O2S/c1-5-3-7(18-9(5)11)10-12-13-14-15(10)6(2)4-8(16)17/h3,6H,4H2,1-2H3,(H,16,17). The average Bonchev–Trinajstić information content (AvgIpc) is 2.85. The van der Waals surface area contributed by atoms with E-state index in [1.54, 1.807) is 11.6 Å². The number of carbonyl (C=O) groups is 1. The van der Waals surface area contributed by atoms with Crippen LogP contribution in [0.4, 0.5) is 0 Å². The van der Waals surface area contributed by atoms with Crippen LogP contribution in [0.3, 0.4) is 0 Å². The van der Waals surface area contributed by atoms with Crippen molar-refractivity contribution in [3.05, 3.63) is 15.4 Å². The monoisotopic (exact) mass is 330 g/mol. The van der Waals surface area contributed by atoms with E-state index < -0.39 is 5.97 Å². The molecule has 0 saturated heterocycles. The molecule has 1 unspecified atom stereocenters. The Labute approximate surface area is 116 Å². The van der Waals surface area contributed by atoms with Crippen molar-refractivity contribution in [3.8, 4) is 10.7 Å². The van der Waals surface area contributed by atoms with Crippen molar-refractivity contribution in [2.24, 2.45) is 0 Å². The van der Waals surface area contributed by atoms with Crippen LogP contribution in [0.25, 0.3) is 10.7 Å². The SMILES string of the molecule is Cc1cc(-c2nnnn2C(C)CC(=O)O)sc1Br. The van der Waals surface area contributed by atoms with Gasteiger partial charge in [-0.15, -0.1) is 16.4 Å². The van der Waals surface area contributed by atoms with Crippen molar-refractivity contribution in [1.82, 2.24) is 20.2 Å². The third-order valence-electron chi connectivity index (χ3n) is 2.46. The first-order valence-corrected chi connectivity index (χ1v) is 6.86. The lowest BCUT2D eigenvalue weighted by molar-refractivity contribution is -0.137. The first-order chi connectivity index (χ1) is 8.49. The number of tetrazole rings is 1. The summed E-state index contributed by atoms with van der Waals surface area (Å²) >= 11 is 4.98. The third kappa shape index (κ3) is 2.59. The number of halogens is 1. The van der Waals surface area contributed by atoms with Gasteiger partial charge in [-0.05, 0) is 51.8 Å². The largest absolute Gasteiger partial charge is 0.481 e. The van der Waals surface area contributed by atoms with Gasteiger partial charge in [0.1, 0.15) is 0 Å². The first kappa shape index (κ1) is 13.2. The van der Waals surface area contributed by atoms with E-state index in [1.165, 1.54) is 11.3 Å². The molecule has 8 heteroatoms. The highest BCUT2D eigenvalue weighted by atomic mass is 79.9. The van der Waals surface area contributed by atoms with Gasteiger partial charge in [0.15, 0.2) is 5.82 Å². The minimum atomic E-state index is -0.868. The van der Waals surface area contributed by atoms with Gasteiger partial charge in [-0.25, -0.2) is 4.68 Å². The number of hydrogen-bond acceptors (Lipinski definition) is 5. The Morgan fingerprint density at radius 3 is 2.94 bits per heavy atom. The van der Waals surface area contributed by atoms with Gasteiger partial charge in [0.25, 0.3) is 0 Å². The van der Waals surface area contributed by atoms with E-state index in [2.05, 4.69) is 31.5 Å². The van der Waals surface area contributed by atoms with Crippen LogP contribution in [0.1, 0.15) is 24.9 Å². The minimum Gasteiger partial charge on any atom is -0.481 e. The summed E-state index contributed by atoms with van der Waals surface area (Å²) in [4.78, 5) is 11.6. The molecule has 18 heavy (non-hydrogen) atoms. The summed E-state index contributed by atoms with van der Waals surface area (Å²) in [5.41, 5.74) is 1.11. The Morgan fingerprint density at radius 2 is 2.39 bits per heavy atom. The number of aliphatic carboxylic acids is 1. The smallest absolute Gasteiger partial charge is 0.305 e. The van der Waals surface area contributed by atoms with Crippen molar-refractivity contribution in [3.63, 3.8) is 0 Å². The quantitative estimate of drug-likeness (QED) is 0.931. The van der Waals surface area contributed by atoms with E-state index in [9.17, 15) is 4.79 Å². The Bertz CT molecular complexity index is 561. The van der Waals surface area contributed by atoms with E-state index in [0.717, 1.165) is 14.2 Å². The number of nitrogens with zero attached hydrogens (tertiary/aromatic N) is 4. The van der Waals surface area contributed by atoms with E-state index in [4.69, 9.17) is 5.11 Å². The highest BCUT2D eigenvalue weighted by molar-refractivity contribution is 9.11. The maximum atomic E-state index is 10.7. The van der Waals surface area contributed by atoms with Crippen molar-refractivity contribution >= 4 is 33.2 Å². The minimum absolute atomic E-state index is 0.0104. The van der Waals surface area contributed by atoms with E-state index in [0.29, 0.717) is 5.82 Å². The molecule has 0 aromatic carbocycles. The fourth-order valence-electron chi connectivity index (χ4n) is 1.56. The predicted molar refractivity (Wildman–Crippen MR) is 70.5 cm³/mol. The number of hydrogen-bond donors (Lipinski definition) is 1. The van der Waals surface area contributed by atoms with Gasteiger partial charge in [-0.1, -0.05) is 0 Å². The maximum Gasteiger partial charge on any atom is 0.305 e. The lowest BCUT2D eigenvalue weighted by atomic mass is 10.2. The summed E-state index contributed by atoms with van der Waals surface area (Å²) in [5, 5.41) is 20.3. The van der Waals surface area contributed by atoms with Gasteiger partial charge < -0.3 is 5.11 Å². The molecule has 0 aliphatic rings. The molecule has 0 saturated carbocycles. The summed E-state index contributed by atoms with van der Waals surface area (Å²) in [6, 6.07) is 1.69. The second-order valence-corrected chi connectivity index (χ2v) is 6.33. The molecular weight excluding hydrogens is 320 g/mol. The normalized spacial score (nSPS) is 12.6. The van der Waals surface area contributed by atoms with Gasteiger partial charge in [0.05, 0.1) is 21.1 Å². The molecule has 6 nitrogen and oxygen atoms in total. The van der Waals surface area contributed by atoms with E-state index in [1.807, 2.05) is 13.0 Å². The molecule has 0 aliphatic carbocycles. The van der Waals surface area contributed by atoms with Crippen LogP contribution in [0, 0.1) is 6.92 Å². The summed E-state index contributed by atoms with van der Waals surface area (Å²) in [6.07, 6.45) is -0.0104. The molecule has 1 N–H and O–H groups in total. The summed E-state index contributed by atoms with van der Waals surface area (Å²) in [7, 11) is 0. The molecule has 2 heterocycles. The molecule has 2 aromatic heterocycles. The second-order valence-electron chi connectivity index (χ2n) is 3.96. The molecule has 2 aromatic rings. The van der Waals surface area contributed by atoms with Crippen LogP contribution in [-0.2, 0) is 4.79 Å². The van der Waals surface area contributed by atoms with Crippen LogP contribution in [0.2, 0.25) is 0 Å². The summed E-state index contributed by atoms with van der Waals surface area (Å²) < 4.78 is 2.57. The zero-order chi connectivity index (χ0) is 13.3. The van der Waals surface area contributed by atoms with Gasteiger partial charge >= 0.3 is 5.97 Å². The third-order valence-corrected chi connectivity index (χ3v) is 4.59. The Hall–Kier alpha value is -1.28. The van der Waals surface area contributed by atoms with Crippen LogP contribution in [-0.4, -0.2) is 31.3 Å². The summed E-state index contributed by atoms with van der Waals surface area (Å²) in [6.45, 7) is 3.77. The maximum absolute atomic E-state index is 10.7. The van der Waals surface area contributed by atoms with Gasteiger partial charge in [0.2, 0.25) is 0 Å². The number of aryl methyl sites for hydroxylation is 1. The fraction of sp³-hybridized carbons (Fsp3) is 0.400. The van der Waals surface area contributed by atoms with Crippen LogP contribution < -0.4 is 0 Å². The first-order valence-electron chi connectivity index (χ1n) is 5.25. The summed E-state index contributed by atoms with van der Waals surface area (Å²) in [5.74, 6) is -0.268. The highest BCUT2D eigenvalue weighted by Gasteiger charge is 2.19. The number of carboxylic acid groups (broad SMARTS) is 1. The van der Waals surface area contributed by atoms with Crippen molar-refractivity contribution in [2.45, 2.75) is 26.3 Å². The average molecular weight is 331 g/mol. The number of rotatable bonds is 4. The zero-order valence-corrected chi connectivity index (χ0v) is 12.2. The zero-order valence-electron chi connectivity index (χ0n) is 9.79. The predicted octanol–water partition coefficient (Wildman–Crippen LogP) is 2.51. The van der Waals surface area contributed by atoms with Crippen molar-refractivity contribution in [1.29, 1.82) is 0 Å². The molecule has 0 fully saturated rings. The van der Waals surface area contributed by atoms with E-state index in [-0.39, 0.29) is 12.5 Å². The molecule has 0 aliphatic heterocycles.